The standard InChI is InChI=1S/C23H25N3O2/c1-4-25(5-2)22(27)15(3)26-21(17-11-6-7-12-18(17)23(26)28)19-14-24-20-13-9-8-10-16(19)20/h6-15,21,24H,4-5H2,1-3H3. The zero-order chi connectivity index (χ0) is 19.8. The zero-order valence-corrected chi connectivity index (χ0v) is 16.5. The van der Waals surface area contributed by atoms with Gasteiger partial charge >= 0.3 is 0 Å². The Labute approximate surface area is 165 Å². The van der Waals surface area contributed by atoms with Crippen LogP contribution in [0.4, 0.5) is 0 Å². The fraction of sp³-hybridized carbons (Fsp3) is 0.304. The number of fused-ring (bicyclic) bond motifs is 2. The van der Waals surface area contributed by atoms with Gasteiger partial charge in [-0.05, 0) is 38.5 Å². The normalized spacial score (nSPS) is 17.0. The fourth-order valence-electron chi connectivity index (χ4n) is 4.29. The number of hydrogen-bond acceptors (Lipinski definition) is 2. The van der Waals surface area contributed by atoms with Crippen molar-refractivity contribution in [1.82, 2.24) is 14.8 Å². The van der Waals surface area contributed by atoms with Crippen LogP contribution in [0.1, 0.15) is 48.3 Å². The van der Waals surface area contributed by atoms with Gasteiger partial charge in [-0.25, -0.2) is 0 Å². The number of aromatic amines is 1. The van der Waals surface area contributed by atoms with Crippen LogP contribution in [-0.4, -0.2) is 45.7 Å². The third kappa shape index (κ3) is 2.70. The van der Waals surface area contributed by atoms with Crippen LogP contribution < -0.4 is 0 Å². The second-order valence-electron chi connectivity index (χ2n) is 7.18. The minimum absolute atomic E-state index is 0.0176. The first-order valence-corrected chi connectivity index (χ1v) is 9.84. The molecule has 0 aliphatic carbocycles. The quantitative estimate of drug-likeness (QED) is 0.734. The highest BCUT2D eigenvalue weighted by Crippen LogP contribution is 2.42. The van der Waals surface area contributed by atoms with Gasteiger partial charge in [0, 0.05) is 41.3 Å². The minimum Gasteiger partial charge on any atom is -0.361 e. The number of para-hydroxylation sites is 1. The summed E-state index contributed by atoms with van der Waals surface area (Å²) in [6, 6.07) is 14.9. The van der Waals surface area contributed by atoms with E-state index in [9.17, 15) is 9.59 Å². The predicted molar refractivity (Wildman–Crippen MR) is 110 cm³/mol. The lowest BCUT2D eigenvalue weighted by molar-refractivity contribution is -0.135. The average molecular weight is 375 g/mol. The summed E-state index contributed by atoms with van der Waals surface area (Å²) in [5, 5.41) is 1.07. The van der Waals surface area contributed by atoms with Crippen molar-refractivity contribution >= 4 is 22.7 Å². The smallest absolute Gasteiger partial charge is 0.255 e. The lowest BCUT2D eigenvalue weighted by Gasteiger charge is -2.33. The molecule has 4 rings (SSSR count). The van der Waals surface area contributed by atoms with E-state index in [1.807, 2.05) is 69.4 Å². The molecule has 28 heavy (non-hydrogen) atoms. The van der Waals surface area contributed by atoms with Gasteiger partial charge in [-0.15, -0.1) is 0 Å². The van der Waals surface area contributed by atoms with Gasteiger partial charge in [-0.2, -0.15) is 0 Å². The molecule has 0 spiro atoms. The van der Waals surface area contributed by atoms with Crippen molar-refractivity contribution in [2.24, 2.45) is 0 Å². The largest absolute Gasteiger partial charge is 0.361 e. The molecular weight excluding hydrogens is 350 g/mol. The molecule has 1 aliphatic rings. The van der Waals surface area contributed by atoms with Gasteiger partial charge in [-0.3, -0.25) is 9.59 Å². The molecule has 0 bridgehead atoms. The second kappa shape index (κ2) is 7.15. The minimum atomic E-state index is -0.543. The van der Waals surface area contributed by atoms with Crippen molar-refractivity contribution in [3.8, 4) is 0 Å². The number of H-pyrrole nitrogens is 1. The van der Waals surface area contributed by atoms with Crippen LogP contribution in [0.15, 0.2) is 54.7 Å². The number of amides is 2. The first kappa shape index (κ1) is 18.3. The highest BCUT2D eigenvalue weighted by molar-refractivity contribution is 6.03. The number of nitrogens with one attached hydrogen (secondary N) is 1. The number of carbonyl (C=O) groups is 2. The van der Waals surface area contributed by atoms with Gasteiger partial charge in [0.05, 0.1) is 6.04 Å². The van der Waals surface area contributed by atoms with Gasteiger partial charge in [-0.1, -0.05) is 36.4 Å². The highest BCUT2D eigenvalue weighted by atomic mass is 16.2. The first-order chi connectivity index (χ1) is 13.6. The summed E-state index contributed by atoms with van der Waals surface area (Å²) in [6.45, 7) is 7.03. The number of hydrogen-bond donors (Lipinski definition) is 1. The second-order valence-corrected chi connectivity index (χ2v) is 7.18. The molecule has 1 aliphatic heterocycles. The van der Waals surface area contributed by atoms with E-state index in [-0.39, 0.29) is 17.9 Å². The van der Waals surface area contributed by atoms with E-state index in [0.29, 0.717) is 18.7 Å². The fourth-order valence-corrected chi connectivity index (χ4v) is 4.29. The molecule has 1 aromatic heterocycles. The van der Waals surface area contributed by atoms with Gasteiger partial charge in [0.2, 0.25) is 5.91 Å². The molecule has 2 aromatic carbocycles. The van der Waals surface area contributed by atoms with E-state index in [4.69, 9.17) is 0 Å². The average Bonchev–Trinajstić information content (AvgIpc) is 3.27. The maximum atomic E-state index is 13.3. The molecule has 5 nitrogen and oxygen atoms in total. The Morgan fingerprint density at radius 3 is 2.50 bits per heavy atom. The zero-order valence-electron chi connectivity index (χ0n) is 16.5. The number of rotatable bonds is 5. The van der Waals surface area contributed by atoms with Crippen molar-refractivity contribution in [1.29, 1.82) is 0 Å². The number of nitrogens with zero attached hydrogens (tertiary/aromatic N) is 2. The lowest BCUT2D eigenvalue weighted by atomic mass is 9.97. The van der Waals surface area contributed by atoms with Crippen LogP contribution in [0.3, 0.4) is 0 Å². The van der Waals surface area contributed by atoms with Crippen LogP contribution in [0.2, 0.25) is 0 Å². The maximum absolute atomic E-state index is 13.3. The summed E-state index contributed by atoms with van der Waals surface area (Å²) in [5.74, 6) is -0.102. The Hall–Kier alpha value is -3.08. The molecule has 0 saturated heterocycles. The summed E-state index contributed by atoms with van der Waals surface area (Å²) >= 11 is 0. The van der Waals surface area contributed by atoms with Crippen LogP contribution >= 0.6 is 0 Å². The third-order valence-electron chi connectivity index (χ3n) is 5.76. The van der Waals surface area contributed by atoms with E-state index in [1.165, 1.54) is 0 Å². The summed E-state index contributed by atoms with van der Waals surface area (Å²) < 4.78 is 0. The molecule has 2 amide bonds. The molecule has 0 saturated carbocycles. The van der Waals surface area contributed by atoms with Crippen molar-refractivity contribution in [2.75, 3.05) is 13.1 Å². The molecule has 2 unspecified atom stereocenters. The molecule has 0 radical (unpaired) electrons. The molecule has 2 atom stereocenters. The Kier molecular flexibility index (Phi) is 4.67. The molecule has 3 aromatic rings. The predicted octanol–water partition coefficient (Wildman–Crippen LogP) is 3.97. The van der Waals surface area contributed by atoms with Crippen molar-refractivity contribution in [3.05, 3.63) is 71.4 Å². The van der Waals surface area contributed by atoms with Crippen molar-refractivity contribution in [3.63, 3.8) is 0 Å². The Bertz CT molecular complexity index is 1040. The highest BCUT2D eigenvalue weighted by Gasteiger charge is 2.43. The van der Waals surface area contributed by atoms with Crippen molar-refractivity contribution in [2.45, 2.75) is 32.9 Å². The Balaban J connectivity index is 1.85. The van der Waals surface area contributed by atoms with Gasteiger partial charge in [0.15, 0.2) is 0 Å². The number of benzene rings is 2. The Morgan fingerprint density at radius 2 is 1.75 bits per heavy atom. The van der Waals surface area contributed by atoms with Crippen LogP contribution in [0, 0.1) is 0 Å². The molecular formula is C23H25N3O2. The van der Waals surface area contributed by atoms with E-state index in [0.717, 1.165) is 22.0 Å². The molecule has 144 valence electrons. The monoisotopic (exact) mass is 375 g/mol. The van der Waals surface area contributed by atoms with Gasteiger partial charge in [0.1, 0.15) is 6.04 Å². The topological polar surface area (TPSA) is 56.4 Å². The third-order valence-corrected chi connectivity index (χ3v) is 5.76. The van der Waals surface area contributed by atoms with Gasteiger partial charge < -0.3 is 14.8 Å². The summed E-state index contributed by atoms with van der Waals surface area (Å²) in [6.07, 6.45) is 1.96. The van der Waals surface area contributed by atoms with Crippen molar-refractivity contribution < 1.29 is 9.59 Å². The summed E-state index contributed by atoms with van der Waals surface area (Å²) in [7, 11) is 0. The summed E-state index contributed by atoms with van der Waals surface area (Å²) in [5.41, 5.74) is 3.68. The van der Waals surface area contributed by atoms with Crippen LogP contribution in [0.5, 0.6) is 0 Å². The van der Waals surface area contributed by atoms with E-state index in [1.54, 1.807) is 9.80 Å². The number of likely N-dealkylation sites (N-methyl/N-ethyl adjacent to an activating group) is 1. The summed E-state index contributed by atoms with van der Waals surface area (Å²) in [4.78, 5) is 33.3. The van der Waals surface area contributed by atoms with Gasteiger partial charge in [0.25, 0.3) is 5.91 Å². The SMILES string of the molecule is CCN(CC)C(=O)C(C)N1C(=O)c2ccccc2C1c1c[nH]c2ccccc12. The lowest BCUT2D eigenvalue weighted by Crippen LogP contribution is -2.48. The molecule has 1 N–H and O–H groups in total. The molecule has 2 heterocycles. The van der Waals surface area contributed by atoms with E-state index >= 15 is 0 Å². The first-order valence-electron chi connectivity index (χ1n) is 9.84. The van der Waals surface area contributed by atoms with Crippen LogP contribution in [-0.2, 0) is 4.79 Å². The van der Waals surface area contributed by atoms with E-state index in [2.05, 4.69) is 11.1 Å². The number of carbonyl (C=O) groups excluding carboxylic acids is 2. The molecule has 5 heteroatoms. The number of aromatic nitrogens is 1. The van der Waals surface area contributed by atoms with Crippen LogP contribution in [0.25, 0.3) is 10.9 Å². The Morgan fingerprint density at radius 1 is 1.07 bits per heavy atom. The maximum Gasteiger partial charge on any atom is 0.255 e. The molecule has 0 fully saturated rings. The van der Waals surface area contributed by atoms with E-state index < -0.39 is 6.04 Å².